The zero-order valence-corrected chi connectivity index (χ0v) is 9.41. The van der Waals surface area contributed by atoms with E-state index < -0.39 is 0 Å². The quantitative estimate of drug-likeness (QED) is 0.811. The zero-order valence-electron chi connectivity index (χ0n) is 8.66. The lowest BCUT2D eigenvalue weighted by atomic mass is 10.1. The molecule has 1 aliphatic rings. The number of fused-ring (bicyclic) bond motifs is 1. The Labute approximate surface area is 102 Å². The van der Waals surface area contributed by atoms with Crippen LogP contribution in [0.3, 0.4) is 0 Å². The van der Waals surface area contributed by atoms with E-state index in [1.165, 1.54) is 0 Å². The van der Waals surface area contributed by atoms with Crippen molar-refractivity contribution >= 4 is 29.0 Å². The largest absolute Gasteiger partial charge is 0.381 e. The van der Waals surface area contributed by atoms with E-state index in [2.05, 4.69) is 10.5 Å². The molecule has 0 atom stereocenters. The molecule has 3 rings (SSSR count). The van der Waals surface area contributed by atoms with Gasteiger partial charge in [0.1, 0.15) is 0 Å². The van der Waals surface area contributed by atoms with Gasteiger partial charge in [0.25, 0.3) is 0 Å². The molecular formula is C11H8ClN3O2. The van der Waals surface area contributed by atoms with Gasteiger partial charge in [-0.25, -0.2) is 0 Å². The highest BCUT2D eigenvalue weighted by molar-refractivity contribution is 6.34. The van der Waals surface area contributed by atoms with Gasteiger partial charge in [0.05, 0.1) is 17.1 Å². The van der Waals surface area contributed by atoms with Crippen LogP contribution >= 0.6 is 11.6 Å². The van der Waals surface area contributed by atoms with E-state index in [1.54, 1.807) is 12.1 Å². The second-order valence-corrected chi connectivity index (χ2v) is 4.24. The molecule has 0 aliphatic carbocycles. The molecule has 1 aromatic carbocycles. The predicted octanol–water partition coefficient (Wildman–Crippen LogP) is 2.07. The van der Waals surface area contributed by atoms with Crippen molar-refractivity contribution in [2.75, 3.05) is 11.1 Å². The number of hydrogen-bond acceptors (Lipinski definition) is 4. The number of aromatic nitrogens is 1. The Morgan fingerprint density at radius 2 is 2.24 bits per heavy atom. The summed E-state index contributed by atoms with van der Waals surface area (Å²) in [5.41, 5.74) is 7.77. The highest BCUT2D eigenvalue weighted by Crippen LogP contribution is 2.36. The van der Waals surface area contributed by atoms with E-state index in [9.17, 15) is 4.79 Å². The number of anilines is 2. The molecule has 2 aromatic rings. The van der Waals surface area contributed by atoms with E-state index >= 15 is 0 Å². The first kappa shape index (κ1) is 10.2. The van der Waals surface area contributed by atoms with Crippen molar-refractivity contribution < 1.29 is 9.32 Å². The van der Waals surface area contributed by atoms with Crippen LogP contribution < -0.4 is 11.1 Å². The molecule has 1 amide bonds. The number of nitrogen functional groups attached to an aromatic ring is 1. The fraction of sp³-hybridized carbons (Fsp3) is 0.0909. The second kappa shape index (κ2) is 3.49. The Kier molecular flexibility index (Phi) is 2.09. The lowest BCUT2D eigenvalue weighted by Crippen LogP contribution is -2.03. The van der Waals surface area contributed by atoms with Crippen molar-refractivity contribution in [3.8, 4) is 11.3 Å². The standard InChI is InChI=1S/C11H8ClN3O2/c12-7-2-5(8-4-9(13)15-17-8)1-6-3-10(16)14-11(6)7/h1-2,4H,3H2,(H2,13,15)(H,14,16). The SMILES string of the molecule is Nc1cc(-c2cc(Cl)c3c(c2)CC(=O)N3)on1. The first-order chi connectivity index (χ1) is 8.13. The van der Waals surface area contributed by atoms with Crippen LogP contribution in [0, 0.1) is 0 Å². The van der Waals surface area contributed by atoms with E-state index in [0.29, 0.717) is 28.7 Å². The van der Waals surface area contributed by atoms with Gasteiger partial charge in [0, 0.05) is 11.6 Å². The first-order valence-corrected chi connectivity index (χ1v) is 5.36. The van der Waals surface area contributed by atoms with E-state index in [4.69, 9.17) is 21.9 Å². The van der Waals surface area contributed by atoms with Gasteiger partial charge in [-0.2, -0.15) is 0 Å². The molecule has 0 fully saturated rings. The molecule has 2 heterocycles. The maximum Gasteiger partial charge on any atom is 0.228 e. The third kappa shape index (κ3) is 1.64. The highest BCUT2D eigenvalue weighted by Gasteiger charge is 2.22. The van der Waals surface area contributed by atoms with Gasteiger partial charge in [-0.15, -0.1) is 0 Å². The number of hydrogen-bond donors (Lipinski definition) is 2. The van der Waals surface area contributed by atoms with Crippen LogP contribution in [0.15, 0.2) is 22.7 Å². The van der Waals surface area contributed by atoms with E-state index in [-0.39, 0.29) is 5.91 Å². The Morgan fingerprint density at radius 1 is 1.41 bits per heavy atom. The third-order valence-corrected chi connectivity index (χ3v) is 2.90. The van der Waals surface area contributed by atoms with Crippen LogP contribution in [-0.2, 0) is 11.2 Å². The van der Waals surface area contributed by atoms with Gasteiger partial charge in [-0.1, -0.05) is 16.8 Å². The number of carbonyl (C=O) groups is 1. The number of nitrogens with one attached hydrogen (secondary N) is 1. The zero-order chi connectivity index (χ0) is 12.0. The average Bonchev–Trinajstić information content (AvgIpc) is 2.83. The van der Waals surface area contributed by atoms with Gasteiger partial charge in [-0.3, -0.25) is 4.79 Å². The van der Waals surface area contributed by atoms with Crippen molar-refractivity contribution in [1.82, 2.24) is 5.16 Å². The van der Waals surface area contributed by atoms with Gasteiger partial charge in [0.15, 0.2) is 11.6 Å². The summed E-state index contributed by atoms with van der Waals surface area (Å²) in [7, 11) is 0. The molecule has 0 saturated carbocycles. The average molecular weight is 250 g/mol. The summed E-state index contributed by atoms with van der Waals surface area (Å²) in [5.74, 6) is 0.786. The fourth-order valence-electron chi connectivity index (χ4n) is 1.87. The van der Waals surface area contributed by atoms with Crippen LogP contribution in [0.5, 0.6) is 0 Å². The Morgan fingerprint density at radius 3 is 2.94 bits per heavy atom. The molecule has 0 spiro atoms. The molecule has 1 aliphatic heterocycles. The van der Waals surface area contributed by atoms with Gasteiger partial charge in [0.2, 0.25) is 5.91 Å². The second-order valence-electron chi connectivity index (χ2n) is 3.83. The monoisotopic (exact) mass is 249 g/mol. The van der Waals surface area contributed by atoms with E-state index in [1.807, 2.05) is 6.07 Å². The van der Waals surface area contributed by atoms with Crippen LogP contribution in [0.1, 0.15) is 5.56 Å². The number of amides is 1. The maximum absolute atomic E-state index is 11.3. The smallest absolute Gasteiger partial charge is 0.228 e. The summed E-state index contributed by atoms with van der Waals surface area (Å²) in [4.78, 5) is 11.3. The molecule has 3 N–H and O–H groups in total. The van der Waals surface area contributed by atoms with Crippen LogP contribution in [0.25, 0.3) is 11.3 Å². The molecule has 0 radical (unpaired) electrons. The molecule has 0 unspecified atom stereocenters. The predicted molar refractivity (Wildman–Crippen MR) is 63.7 cm³/mol. The number of benzene rings is 1. The normalized spacial score (nSPS) is 13.6. The molecule has 17 heavy (non-hydrogen) atoms. The van der Waals surface area contributed by atoms with E-state index in [0.717, 1.165) is 11.1 Å². The molecule has 5 nitrogen and oxygen atoms in total. The van der Waals surface area contributed by atoms with Crippen LogP contribution in [0.2, 0.25) is 5.02 Å². The number of halogens is 1. The summed E-state index contributed by atoms with van der Waals surface area (Å²) in [6, 6.07) is 5.17. The topological polar surface area (TPSA) is 81.2 Å². The summed E-state index contributed by atoms with van der Waals surface area (Å²) in [6.07, 6.45) is 0.326. The van der Waals surface area contributed by atoms with Crippen molar-refractivity contribution in [3.63, 3.8) is 0 Å². The lowest BCUT2D eigenvalue weighted by molar-refractivity contribution is -0.115. The van der Waals surface area contributed by atoms with Crippen molar-refractivity contribution in [3.05, 3.63) is 28.8 Å². The lowest BCUT2D eigenvalue weighted by Gasteiger charge is -2.03. The Hall–Kier alpha value is -2.01. The van der Waals surface area contributed by atoms with Gasteiger partial charge >= 0.3 is 0 Å². The van der Waals surface area contributed by atoms with Gasteiger partial charge < -0.3 is 15.6 Å². The van der Waals surface area contributed by atoms with Gasteiger partial charge in [-0.05, 0) is 17.7 Å². The molecule has 0 saturated heterocycles. The minimum Gasteiger partial charge on any atom is -0.381 e. The third-order valence-electron chi connectivity index (χ3n) is 2.60. The molecule has 6 heteroatoms. The Bertz CT molecular complexity index is 621. The number of nitrogens with zero attached hydrogens (tertiary/aromatic N) is 1. The molecule has 86 valence electrons. The van der Waals surface area contributed by atoms with Crippen molar-refractivity contribution in [2.24, 2.45) is 0 Å². The molecule has 1 aromatic heterocycles. The first-order valence-electron chi connectivity index (χ1n) is 4.98. The Balaban J connectivity index is 2.12. The van der Waals surface area contributed by atoms with Crippen molar-refractivity contribution in [2.45, 2.75) is 6.42 Å². The summed E-state index contributed by atoms with van der Waals surface area (Å²) >= 11 is 6.09. The summed E-state index contributed by atoms with van der Waals surface area (Å²) in [5, 5.41) is 6.80. The molecule has 0 bridgehead atoms. The number of carbonyl (C=O) groups excluding carboxylic acids is 1. The minimum atomic E-state index is -0.0591. The maximum atomic E-state index is 11.3. The van der Waals surface area contributed by atoms with Crippen LogP contribution in [-0.4, -0.2) is 11.1 Å². The number of nitrogens with two attached hydrogens (primary N) is 1. The van der Waals surface area contributed by atoms with Crippen LogP contribution in [0.4, 0.5) is 11.5 Å². The summed E-state index contributed by atoms with van der Waals surface area (Å²) < 4.78 is 5.05. The fourth-order valence-corrected chi connectivity index (χ4v) is 2.15. The minimum absolute atomic E-state index is 0.0591. The number of rotatable bonds is 1. The summed E-state index contributed by atoms with van der Waals surface area (Å²) in [6.45, 7) is 0. The molecular weight excluding hydrogens is 242 g/mol. The highest BCUT2D eigenvalue weighted by atomic mass is 35.5. The van der Waals surface area contributed by atoms with Crippen molar-refractivity contribution in [1.29, 1.82) is 0 Å².